The smallest absolute Gasteiger partial charge is 0.309 e. The summed E-state index contributed by atoms with van der Waals surface area (Å²) in [4.78, 5) is 22.2. The normalized spacial score (nSPS) is 15.2. The van der Waals surface area contributed by atoms with Gasteiger partial charge in [-0.3, -0.25) is 9.89 Å². The van der Waals surface area contributed by atoms with Crippen LogP contribution in [0, 0.1) is 0 Å². The average Bonchev–Trinajstić information content (AvgIpc) is 3.25. The first kappa shape index (κ1) is 25.6. The molecule has 0 aliphatic carbocycles. The van der Waals surface area contributed by atoms with Crippen LogP contribution in [0.25, 0.3) is 10.9 Å². The van der Waals surface area contributed by atoms with Crippen molar-refractivity contribution in [3.8, 4) is 11.5 Å². The fourth-order valence-corrected chi connectivity index (χ4v) is 4.15. The van der Waals surface area contributed by atoms with Gasteiger partial charge in [0.25, 0.3) is 0 Å². The SMILES string of the molecule is COc1cc(OC2CCN(CCOC(C)(C)C)CC2)c2c(Nc3cc(CC(=O)O)[nH]n3)ncnc2c1. The molecule has 1 saturated heterocycles. The molecule has 36 heavy (non-hydrogen) atoms. The highest BCUT2D eigenvalue weighted by molar-refractivity contribution is 5.96. The molecule has 0 saturated carbocycles. The van der Waals surface area contributed by atoms with E-state index in [1.165, 1.54) is 6.33 Å². The highest BCUT2D eigenvalue weighted by atomic mass is 16.5. The van der Waals surface area contributed by atoms with Crippen LogP contribution in [0.15, 0.2) is 24.5 Å². The van der Waals surface area contributed by atoms with Crippen molar-refractivity contribution in [2.75, 3.05) is 38.7 Å². The number of rotatable bonds is 10. The number of aromatic amines is 1. The van der Waals surface area contributed by atoms with Crippen molar-refractivity contribution in [1.29, 1.82) is 0 Å². The number of hydrogen-bond donors (Lipinski definition) is 3. The van der Waals surface area contributed by atoms with Crippen LogP contribution >= 0.6 is 0 Å². The van der Waals surface area contributed by atoms with E-state index in [1.807, 2.05) is 12.1 Å². The Bertz CT molecular complexity index is 1180. The molecule has 4 rings (SSSR count). The van der Waals surface area contributed by atoms with Gasteiger partial charge in [-0.1, -0.05) is 0 Å². The second-order valence-electron chi connectivity index (χ2n) is 9.84. The van der Waals surface area contributed by atoms with Crippen molar-refractivity contribution in [3.63, 3.8) is 0 Å². The Morgan fingerprint density at radius 3 is 2.69 bits per heavy atom. The maximum absolute atomic E-state index is 11.0. The summed E-state index contributed by atoms with van der Waals surface area (Å²) in [6.07, 6.45) is 3.13. The number of carboxylic acid groups (broad SMARTS) is 1. The Kier molecular flexibility index (Phi) is 7.90. The zero-order valence-electron chi connectivity index (χ0n) is 21.2. The number of anilines is 2. The van der Waals surface area contributed by atoms with E-state index >= 15 is 0 Å². The fraction of sp³-hybridized carbons (Fsp3) is 0.520. The van der Waals surface area contributed by atoms with Gasteiger partial charge in [-0.25, -0.2) is 9.97 Å². The Morgan fingerprint density at radius 1 is 1.22 bits per heavy atom. The Hall–Kier alpha value is -3.44. The van der Waals surface area contributed by atoms with Crippen LogP contribution in [0.5, 0.6) is 11.5 Å². The average molecular weight is 499 g/mol. The van der Waals surface area contributed by atoms with Gasteiger partial charge in [-0.05, 0) is 33.6 Å². The molecule has 1 aliphatic rings. The lowest BCUT2D eigenvalue weighted by Crippen LogP contribution is -2.40. The van der Waals surface area contributed by atoms with Gasteiger partial charge >= 0.3 is 5.97 Å². The van der Waals surface area contributed by atoms with E-state index in [2.05, 4.69) is 51.2 Å². The zero-order valence-corrected chi connectivity index (χ0v) is 21.2. The Labute approximate surface area is 210 Å². The molecule has 3 N–H and O–H groups in total. The van der Waals surface area contributed by atoms with Gasteiger partial charge < -0.3 is 29.5 Å². The molecule has 0 bridgehead atoms. The van der Waals surface area contributed by atoms with E-state index in [0.29, 0.717) is 46.3 Å². The number of piperidine rings is 1. The lowest BCUT2D eigenvalue weighted by molar-refractivity contribution is -0.136. The summed E-state index contributed by atoms with van der Waals surface area (Å²) in [7, 11) is 1.61. The number of aromatic nitrogens is 4. The summed E-state index contributed by atoms with van der Waals surface area (Å²) in [6, 6.07) is 5.32. The third kappa shape index (κ3) is 6.82. The van der Waals surface area contributed by atoms with Crippen LogP contribution in [-0.2, 0) is 16.0 Å². The second-order valence-corrected chi connectivity index (χ2v) is 9.84. The molecule has 11 heteroatoms. The van der Waals surface area contributed by atoms with E-state index in [4.69, 9.17) is 19.3 Å². The molecule has 0 unspecified atom stereocenters. The monoisotopic (exact) mass is 498 g/mol. The number of nitrogens with zero attached hydrogens (tertiary/aromatic N) is 4. The molecule has 0 amide bonds. The summed E-state index contributed by atoms with van der Waals surface area (Å²) in [5.41, 5.74) is 1.03. The van der Waals surface area contributed by atoms with Crippen LogP contribution in [-0.4, -0.2) is 81.2 Å². The number of H-pyrrole nitrogens is 1. The first-order valence-corrected chi connectivity index (χ1v) is 12.1. The minimum Gasteiger partial charge on any atom is -0.497 e. The number of carbonyl (C=O) groups is 1. The summed E-state index contributed by atoms with van der Waals surface area (Å²) in [5.74, 6) is 1.31. The van der Waals surface area contributed by atoms with Gasteiger partial charge in [0.2, 0.25) is 0 Å². The second kappa shape index (κ2) is 11.1. The van der Waals surface area contributed by atoms with Crippen molar-refractivity contribution < 1.29 is 24.1 Å². The van der Waals surface area contributed by atoms with E-state index in [9.17, 15) is 4.79 Å². The van der Waals surface area contributed by atoms with Gasteiger partial charge in [-0.15, -0.1) is 0 Å². The predicted molar refractivity (Wildman–Crippen MR) is 135 cm³/mol. The Morgan fingerprint density at radius 2 is 2.00 bits per heavy atom. The molecule has 1 aromatic carbocycles. The standard InChI is InChI=1S/C25H34N6O5/c1-25(2,3)35-10-9-31-7-5-17(6-8-31)36-20-14-18(34-4)13-19-23(20)24(27-15-26-19)28-21-11-16(29-30-21)12-22(32)33/h11,13-15,17H,5-10,12H2,1-4H3,(H,32,33)(H2,26,27,28,29,30). The molecular formula is C25H34N6O5. The summed E-state index contributed by atoms with van der Waals surface area (Å²) >= 11 is 0. The molecule has 1 fully saturated rings. The van der Waals surface area contributed by atoms with Crippen molar-refractivity contribution in [2.45, 2.75) is 51.7 Å². The first-order valence-electron chi connectivity index (χ1n) is 12.1. The highest BCUT2D eigenvalue weighted by Gasteiger charge is 2.23. The summed E-state index contributed by atoms with van der Waals surface area (Å²) in [5, 5.41) is 19.8. The number of aliphatic carboxylic acids is 1. The number of fused-ring (bicyclic) bond motifs is 1. The van der Waals surface area contributed by atoms with Crippen LogP contribution in [0.1, 0.15) is 39.3 Å². The van der Waals surface area contributed by atoms with Crippen molar-refractivity contribution in [3.05, 3.63) is 30.2 Å². The third-order valence-corrected chi connectivity index (χ3v) is 5.90. The summed E-state index contributed by atoms with van der Waals surface area (Å²) < 4.78 is 17.8. The number of carboxylic acids is 1. The van der Waals surface area contributed by atoms with Gasteiger partial charge in [0.05, 0.1) is 36.6 Å². The minimum atomic E-state index is -0.937. The molecule has 3 aromatic rings. The van der Waals surface area contributed by atoms with E-state index in [1.54, 1.807) is 13.2 Å². The van der Waals surface area contributed by atoms with Crippen molar-refractivity contribution in [2.24, 2.45) is 0 Å². The third-order valence-electron chi connectivity index (χ3n) is 5.90. The first-order chi connectivity index (χ1) is 17.2. The summed E-state index contributed by atoms with van der Waals surface area (Å²) in [6.45, 7) is 9.69. The van der Waals surface area contributed by atoms with Crippen LogP contribution in [0.4, 0.5) is 11.6 Å². The number of ether oxygens (including phenoxy) is 3. The van der Waals surface area contributed by atoms with Crippen LogP contribution in [0.2, 0.25) is 0 Å². The molecular weight excluding hydrogens is 464 g/mol. The molecule has 0 spiro atoms. The van der Waals surface area contributed by atoms with E-state index in [-0.39, 0.29) is 18.1 Å². The number of nitrogens with one attached hydrogen (secondary N) is 2. The largest absolute Gasteiger partial charge is 0.497 e. The number of methoxy groups -OCH3 is 1. The zero-order chi connectivity index (χ0) is 25.7. The lowest BCUT2D eigenvalue weighted by atomic mass is 10.1. The molecule has 0 atom stereocenters. The maximum Gasteiger partial charge on any atom is 0.309 e. The molecule has 1 aliphatic heterocycles. The molecule has 3 heterocycles. The van der Waals surface area contributed by atoms with E-state index in [0.717, 1.165) is 32.5 Å². The molecule has 11 nitrogen and oxygen atoms in total. The van der Waals surface area contributed by atoms with Crippen LogP contribution in [0.3, 0.4) is 0 Å². The topological polar surface area (TPSA) is 135 Å². The predicted octanol–water partition coefficient (Wildman–Crippen LogP) is 3.39. The number of hydrogen-bond acceptors (Lipinski definition) is 9. The van der Waals surface area contributed by atoms with E-state index < -0.39 is 5.97 Å². The molecule has 2 aromatic heterocycles. The number of likely N-dealkylation sites (tertiary alicyclic amines) is 1. The molecule has 0 radical (unpaired) electrons. The maximum atomic E-state index is 11.0. The van der Waals surface area contributed by atoms with Crippen molar-refractivity contribution in [1.82, 2.24) is 25.1 Å². The number of benzene rings is 1. The van der Waals surface area contributed by atoms with Gasteiger partial charge in [0.1, 0.15) is 29.7 Å². The Balaban J connectivity index is 1.49. The minimum absolute atomic E-state index is 0.0423. The van der Waals surface area contributed by atoms with Gasteiger partial charge in [0.15, 0.2) is 5.82 Å². The fourth-order valence-electron chi connectivity index (χ4n) is 4.15. The molecule has 194 valence electrons. The van der Waals surface area contributed by atoms with Crippen molar-refractivity contribution >= 4 is 28.5 Å². The van der Waals surface area contributed by atoms with Crippen LogP contribution < -0.4 is 14.8 Å². The quantitative estimate of drug-likeness (QED) is 0.382. The van der Waals surface area contributed by atoms with Gasteiger partial charge in [-0.2, -0.15) is 5.10 Å². The highest BCUT2D eigenvalue weighted by Crippen LogP contribution is 2.36. The van der Waals surface area contributed by atoms with Gasteiger partial charge in [0, 0.05) is 43.5 Å². The lowest BCUT2D eigenvalue weighted by Gasteiger charge is -2.33.